The molecule has 2 saturated heterocycles. The average molecular weight is 829 g/mol. The second kappa shape index (κ2) is 16.5. The fourth-order valence-electron chi connectivity index (χ4n) is 7.45. The number of alkyl carbamates (subject to hydrolysis) is 1. The summed E-state index contributed by atoms with van der Waals surface area (Å²) in [5.74, 6) is 0.156. The first-order chi connectivity index (χ1) is 27.2. The zero-order valence-electron chi connectivity index (χ0n) is 32.8. The lowest BCUT2D eigenvalue weighted by molar-refractivity contribution is -0.140. The summed E-state index contributed by atoms with van der Waals surface area (Å²) < 4.78 is 51.3. The molecule has 2 aliphatic carbocycles. The van der Waals surface area contributed by atoms with Crippen molar-refractivity contribution < 1.29 is 46.5 Å². The van der Waals surface area contributed by atoms with Crippen LogP contribution in [0.5, 0.6) is 11.6 Å². The quantitative estimate of drug-likeness (QED) is 0.329. The van der Waals surface area contributed by atoms with Gasteiger partial charge in [-0.1, -0.05) is 12.2 Å². The molecule has 16 nitrogen and oxygen atoms in total. The summed E-state index contributed by atoms with van der Waals surface area (Å²) in [5.41, 5.74) is -2.34. The summed E-state index contributed by atoms with van der Waals surface area (Å²) in [6.07, 6.45) is 4.89. The molecule has 310 valence electrons. The number of fused-ring (bicyclic) bond motifs is 3. The number of allylic oxidation sites excluding steroid dienone is 1. The Labute approximate surface area is 337 Å². The van der Waals surface area contributed by atoms with Crippen LogP contribution in [0.4, 0.5) is 10.6 Å². The Morgan fingerprint density at radius 3 is 2.61 bits per heavy atom. The first-order valence-electron chi connectivity index (χ1n) is 19.6. The van der Waals surface area contributed by atoms with Crippen LogP contribution in [0, 0.1) is 5.92 Å². The number of methoxy groups -OCH3 is 1. The van der Waals surface area contributed by atoms with E-state index in [9.17, 15) is 27.6 Å². The van der Waals surface area contributed by atoms with E-state index in [2.05, 4.69) is 20.3 Å². The van der Waals surface area contributed by atoms with Gasteiger partial charge >= 0.3 is 6.09 Å². The van der Waals surface area contributed by atoms with Crippen molar-refractivity contribution in [1.29, 1.82) is 0 Å². The Hall–Kier alpha value is -4.29. The lowest BCUT2D eigenvalue weighted by Crippen LogP contribution is -2.58. The third kappa shape index (κ3) is 9.54. The summed E-state index contributed by atoms with van der Waals surface area (Å²) in [6, 6.07) is 5.32. The van der Waals surface area contributed by atoms with Crippen molar-refractivity contribution in [1.82, 2.24) is 25.2 Å². The number of thioether (sulfide) groups is 1. The van der Waals surface area contributed by atoms with E-state index in [1.54, 1.807) is 33.9 Å². The van der Waals surface area contributed by atoms with Gasteiger partial charge in [-0.2, -0.15) is 16.7 Å². The van der Waals surface area contributed by atoms with Crippen LogP contribution in [-0.4, -0.2) is 128 Å². The molecule has 57 heavy (non-hydrogen) atoms. The number of amides is 4. The van der Waals surface area contributed by atoms with Crippen LogP contribution < -0.4 is 29.7 Å². The van der Waals surface area contributed by atoms with Crippen LogP contribution in [0.1, 0.15) is 59.3 Å². The van der Waals surface area contributed by atoms with Gasteiger partial charge in [-0.05, 0) is 88.3 Å². The van der Waals surface area contributed by atoms with Crippen molar-refractivity contribution in [2.45, 2.75) is 93.9 Å². The number of nitrogens with one attached hydrogen (secondary N) is 3. The minimum Gasteiger partial charge on any atom is -0.497 e. The van der Waals surface area contributed by atoms with Gasteiger partial charge in [0.15, 0.2) is 0 Å². The number of carbonyl (C=O) groups excluding carboxylic acids is 4. The Bertz CT molecular complexity index is 2020. The first-order valence-corrected chi connectivity index (χ1v) is 22.3. The third-order valence-corrected chi connectivity index (χ3v) is 13.7. The maximum atomic E-state index is 14.6. The Morgan fingerprint density at radius 1 is 1.12 bits per heavy atom. The molecule has 0 spiro atoms. The van der Waals surface area contributed by atoms with Crippen LogP contribution >= 0.6 is 11.8 Å². The molecule has 4 amide bonds. The molecule has 5 aliphatic rings. The second-order valence-electron chi connectivity index (χ2n) is 16.2. The van der Waals surface area contributed by atoms with Gasteiger partial charge in [-0.25, -0.2) is 13.2 Å². The molecule has 7 rings (SSSR count). The number of nitrogens with zero attached hydrogens (tertiary/aromatic N) is 3. The largest absolute Gasteiger partial charge is 0.497 e. The van der Waals surface area contributed by atoms with E-state index >= 15 is 0 Å². The highest BCUT2D eigenvalue weighted by Gasteiger charge is 2.62. The monoisotopic (exact) mass is 828 g/mol. The summed E-state index contributed by atoms with van der Waals surface area (Å²) in [4.78, 5) is 64.4. The maximum absolute atomic E-state index is 14.6. The van der Waals surface area contributed by atoms with Gasteiger partial charge in [0.25, 0.3) is 5.91 Å². The molecule has 4 heterocycles. The van der Waals surface area contributed by atoms with Gasteiger partial charge in [0.2, 0.25) is 27.7 Å². The van der Waals surface area contributed by atoms with Gasteiger partial charge < -0.3 is 39.4 Å². The summed E-state index contributed by atoms with van der Waals surface area (Å²) in [7, 11) is -2.32. The molecule has 1 aromatic heterocycles. The van der Waals surface area contributed by atoms with Gasteiger partial charge in [-0.3, -0.25) is 19.1 Å². The number of carbonyl (C=O) groups is 4. The topological polar surface area (TPSA) is 195 Å². The van der Waals surface area contributed by atoms with Gasteiger partial charge in [-0.15, -0.1) is 0 Å². The van der Waals surface area contributed by atoms with Gasteiger partial charge in [0.05, 0.1) is 32.1 Å². The highest BCUT2D eigenvalue weighted by atomic mass is 32.2. The number of hydrogen-bond acceptors (Lipinski definition) is 13. The summed E-state index contributed by atoms with van der Waals surface area (Å²) >= 11 is 1.50. The van der Waals surface area contributed by atoms with Crippen LogP contribution in [0.2, 0.25) is 0 Å². The number of hydrogen-bond donors (Lipinski definition) is 3. The molecule has 18 heteroatoms. The van der Waals surface area contributed by atoms with Gasteiger partial charge in [0.1, 0.15) is 40.9 Å². The molecule has 3 aliphatic heterocycles. The Kier molecular flexibility index (Phi) is 11.9. The number of benzene rings is 1. The lowest BCUT2D eigenvalue weighted by Gasteiger charge is -2.30. The van der Waals surface area contributed by atoms with E-state index in [-0.39, 0.29) is 25.1 Å². The second-order valence-corrected chi connectivity index (χ2v) is 19.4. The van der Waals surface area contributed by atoms with Crippen molar-refractivity contribution in [3.63, 3.8) is 0 Å². The van der Waals surface area contributed by atoms with E-state index in [1.165, 1.54) is 16.7 Å². The summed E-state index contributed by atoms with van der Waals surface area (Å²) in [5, 5.41) is 6.53. The average Bonchev–Trinajstić information content (AvgIpc) is 4.09. The molecule has 4 fully saturated rings. The van der Waals surface area contributed by atoms with Crippen LogP contribution in [-0.2, 0) is 33.9 Å². The first kappa shape index (κ1) is 40.9. The van der Waals surface area contributed by atoms with Crippen LogP contribution in [0.25, 0.3) is 10.8 Å². The Balaban J connectivity index is 1.21. The lowest BCUT2D eigenvalue weighted by atomic mass is 10.1. The molecular formula is C39H52N6O10S2. The fourth-order valence-corrected chi connectivity index (χ4v) is 9.81. The third-order valence-electron chi connectivity index (χ3n) is 10.7. The fraction of sp³-hybridized carbons (Fsp3) is 0.615. The number of rotatable bonds is 8. The standard InChI is InChI=1S/C39H52N6O10S2/c1-38(2,3)55-37(49)40-30-23-56-17-7-5-6-8-25-21-39(25,36(48)43-57(50,51)28-10-11-28)42-33(46)31-20-27(22-45(31)35(30)47)54-34-29-12-9-26(52-4)18-24(29)19-32(41-34)44-13-15-53-16-14-44/h6,8-9,12,18-19,25,27-28,30-31H,5,7,10-11,13-17,20-23H2,1-4H3,(H,40,49)(H,42,46)(H,43,48)/b8-6-/t25?,27?,30-,31-,39+/m0/s1. The predicted octanol–water partition coefficient (Wildman–Crippen LogP) is 2.89. The van der Waals surface area contributed by atoms with Gasteiger partial charge in [0, 0.05) is 36.6 Å². The molecular weight excluding hydrogens is 777 g/mol. The molecule has 2 saturated carbocycles. The molecule has 0 bridgehead atoms. The molecule has 5 atom stereocenters. The number of morpholine rings is 1. The Morgan fingerprint density at radius 2 is 1.89 bits per heavy atom. The zero-order valence-corrected chi connectivity index (χ0v) is 34.4. The minimum absolute atomic E-state index is 0.0313. The number of anilines is 1. The smallest absolute Gasteiger partial charge is 0.408 e. The molecule has 0 radical (unpaired) electrons. The SMILES string of the molecule is COc1ccc2c(OC3C[C@H]4C(=O)N[C@]5(C(=O)NS(=O)(=O)C6CC6)CC5/C=C\CCCSC[C@H](NC(=O)OC(C)(C)C)C(=O)N4C3)nc(N3CCOCC3)cc2c1. The van der Waals surface area contributed by atoms with Crippen molar-refractivity contribution in [2.24, 2.45) is 5.92 Å². The van der Waals surface area contributed by atoms with E-state index in [0.29, 0.717) is 74.2 Å². The molecule has 2 aromatic rings. The van der Waals surface area contributed by atoms with Crippen LogP contribution in [0.3, 0.4) is 0 Å². The normalized spacial score (nSPS) is 27.9. The number of sulfonamides is 1. The van der Waals surface area contributed by atoms with E-state index in [4.69, 9.17) is 23.9 Å². The van der Waals surface area contributed by atoms with Crippen molar-refractivity contribution >= 4 is 62.2 Å². The molecule has 1 aromatic carbocycles. The number of pyridine rings is 1. The van der Waals surface area contributed by atoms with Crippen LogP contribution in [0.15, 0.2) is 36.4 Å². The predicted molar refractivity (Wildman–Crippen MR) is 214 cm³/mol. The zero-order chi connectivity index (χ0) is 40.5. The van der Waals surface area contributed by atoms with Crippen molar-refractivity contribution in [2.75, 3.05) is 56.4 Å². The number of aromatic nitrogens is 1. The maximum Gasteiger partial charge on any atom is 0.408 e. The molecule has 3 N–H and O–H groups in total. The van der Waals surface area contributed by atoms with E-state index in [1.807, 2.05) is 30.4 Å². The van der Waals surface area contributed by atoms with Crippen molar-refractivity contribution in [3.8, 4) is 11.6 Å². The highest BCUT2D eigenvalue weighted by Crippen LogP contribution is 2.46. The van der Waals surface area contributed by atoms with E-state index in [0.717, 1.165) is 11.8 Å². The summed E-state index contributed by atoms with van der Waals surface area (Å²) in [6.45, 7) is 7.50. The number of ether oxygens (including phenoxy) is 4. The highest BCUT2D eigenvalue weighted by molar-refractivity contribution is 7.99. The van der Waals surface area contributed by atoms with E-state index < -0.39 is 74.3 Å². The minimum atomic E-state index is -3.91. The molecule has 2 unspecified atom stereocenters. The van der Waals surface area contributed by atoms with Crippen molar-refractivity contribution in [3.05, 3.63) is 36.4 Å².